The van der Waals surface area contributed by atoms with Crippen LogP contribution in [0.2, 0.25) is 0 Å². The van der Waals surface area contributed by atoms with Gasteiger partial charge >= 0.3 is 0 Å². The molecule has 3 fully saturated rings. The van der Waals surface area contributed by atoms with Crippen LogP contribution in [0.15, 0.2) is 4.99 Å². The molecular weight excluding hydrogens is 270 g/mol. The molecule has 2 bridgehead atoms. The largest absolute Gasteiger partial charge is 0.338 e. The Kier molecular flexibility index (Phi) is 3.86. The minimum Gasteiger partial charge on any atom is -0.338 e. The van der Waals surface area contributed by atoms with E-state index in [1.807, 2.05) is 0 Å². The normalized spacial score (nSPS) is 40.0. The highest BCUT2D eigenvalue weighted by Gasteiger charge is 2.43. The van der Waals surface area contributed by atoms with E-state index in [2.05, 4.69) is 30.6 Å². The molecule has 2 aliphatic carbocycles. The standard InChI is InChI=1S/C19H33N3/c1-13(2)8-18-12-22-14(3)11-20-19(22)21(18)7-6-17-10-15-4-5-16(17)9-15/h13-18H,4-12H2,1-3H3/t14-,15?,16?,17?,18+/m0/s1. The van der Waals surface area contributed by atoms with E-state index in [9.17, 15) is 0 Å². The summed E-state index contributed by atoms with van der Waals surface area (Å²) in [4.78, 5) is 10.1. The van der Waals surface area contributed by atoms with Crippen LogP contribution in [-0.4, -0.2) is 47.5 Å². The summed E-state index contributed by atoms with van der Waals surface area (Å²) >= 11 is 0. The molecule has 3 nitrogen and oxygen atoms in total. The van der Waals surface area contributed by atoms with Gasteiger partial charge in [0, 0.05) is 25.2 Å². The number of rotatable bonds is 5. The topological polar surface area (TPSA) is 18.8 Å². The van der Waals surface area contributed by atoms with Crippen molar-refractivity contribution in [2.45, 2.75) is 71.4 Å². The molecule has 0 spiro atoms. The second-order valence-electron chi connectivity index (χ2n) is 8.84. The fourth-order valence-corrected chi connectivity index (χ4v) is 5.67. The molecule has 5 atom stereocenters. The average Bonchev–Trinajstić information content (AvgIpc) is 3.20. The van der Waals surface area contributed by atoms with Crippen molar-refractivity contribution in [3.63, 3.8) is 0 Å². The van der Waals surface area contributed by atoms with Crippen molar-refractivity contribution in [2.75, 3.05) is 19.6 Å². The minimum atomic E-state index is 0.622. The van der Waals surface area contributed by atoms with E-state index in [1.54, 1.807) is 6.42 Å². The zero-order valence-electron chi connectivity index (χ0n) is 14.7. The summed E-state index contributed by atoms with van der Waals surface area (Å²) in [7, 11) is 0. The van der Waals surface area contributed by atoms with Crippen LogP contribution in [0.3, 0.4) is 0 Å². The molecule has 2 aliphatic heterocycles. The molecule has 0 radical (unpaired) electrons. The lowest BCUT2D eigenvalue weighted by atomic mass is 9.86. The summed E-state index contributed by atoms with van der Waals surface area (Å²) in [5.74, 6) is 5.29. The summed E-state index contributed by atoms with van der Waals surface area (Å²) < 4.78 is 0. The summed E-state index contributed by atoms with van der Waals surface area (Å²) in [6.07, 6.45) is 8.85. The molecule has 0 N–H and O–H groups in total. The summed E-state index contributed by atoms with van der Waals surface area (Å²) in [5.41, 5.74) is 0. The van der Waals surface area contributed by atoms with Gasteiger partial charge in [0.05, 0.1) is 6.54 Å². The Bertz CT molecular complexity index is 444. The number of hydrogen-bond donors (Lipinski definition) is 0. The van der Waals surface area contributed by atoms with Gasteiger partial charge in [0.25, 0.3) is 0 Å². The Morgan fingerprint density at radius 1 is 1.23 bits per heavy atom. The van der Waals surface area contributed by atoms with Gasteiger partial charge in [-0.15, -0.1) is 0 Å². The Labute approximate surface area is 136 Å². The molecule has 124 valence electrons. The van der Waals surface area contributed by atoms with Crippen molar-refractivity contribution in [3.05, 3.63) is 0 Å². The molecule has 2 heterocycles. The Balaban J connectivity index is 1.41. The maximum absolute atomic E-state index is 4.88. The number of hydrogen-bond acceptors (Lipinski definition) is 3. The zero-order valence-corrected chi connectivity index (χ0v) is 14.7. The molecule has 2 saturated carbocycles. The van der Waals surface area contributed by atoms with Crippen molar-refractivity contribution in [1.82, 2.24) is 9.80 Å². The highest BCUT2D eigenvalue weighted by Crippen LogP contribution is 2.49. The first-order valence-corrected chi connectivity index (χ1v) is 9.69. The van der Waals surface area contributed by atoms with Crippen molar-refractivity contribution in [1.29, 1.82) is 0 Å². The summed E-state index contributed by atoms with van der Waals surface area (Å²) in [6, 6.07) is 1.33. The van der Waals surface area contributed by atoms with E-state index in [0.29, 0.717) is 12.1 Å². The smallest absolute Gasteiger partial charge is 0.197 e. The molecule has 22 heavy (non-hydrogen) atoms. The second kappa shape index (κ2) is 5.72. The fourth-order valence-electron chi connectivity index (χ4n) is 5.67. The lowest BCUT2D eigenvalue weighted by Crippen LogP contribution is -2.38. The van der Waals surface area contributed by atoms with Gasteiger partial charge in [-0.3, -0.25) is 4.99 Å². The monoisotopic (exact) mass is 303 g/mol. The van der Waals surface area contributed by atoms with Crippen LogP contribution >= 0.6 is 0 Å². The molecule has 3 heteroatoms. The molecule has 4 rings (SSSR count). The maximum atomic E-state index is 4.88. The number of aliphatic imine (C=N–C) groups is 1. The SMILES string of the molecule is CC(C)C[C@@H]1CN2C(=NC[C@@H]2C)N1CCC1CC2CCC1C2. The first-order chi connectivity index (χ1) is 10.6. The molecule has 0 aromatic carbocycles. The lowest BCUT2D eigenvalue weighted by Gasteiger charge is -2.29. The van der Waals surface area contributed by atoms with Crippen LogP contribution in [0, 0.1) is 23.7 Å². The number of guanidine groups is 1. The molecule has 1 saturated heterocycles. The van der Waals surface area contributed by atoms with Gasteiger partial charge in [0.2, 0.25) is 0 Å². The average molecular weight is 303 g/mol. The van der Waals surface area contributed by atoms with Gasteiger partial charge in [-0.25, -0.2) is 0 Å². The Hall–Kier alpha value is -0.730. The van der Waals surface area contributed by atoms with Crippen molar-refractivity contribution in [3.8, 4) is 0 Å². The molecular formula is C19H33N3. The van der Waals surface area contributed by atoms with Crippen molar-refractivity contribution >= 4 is 5.96 Å². The van der Waals surface area contributed by atoms with Gasteiger partial charge in [-0.2, -0.15) is 0 Å². The van der Waals surface area contributed by atoms with E-state index < -0.39 is 0 Å². The van der Waals surface area contributed by atoms with Crippen LogP contribution in [0.25, 0.3) is 0 Å². The fraction of sp³-hybridized carbons (Fsp3) is 0.947. The maximum Gasteiger partial charge on any atom is 0.197 e. The second-order valence-corrected chi connectivity index (χ2v) is 8.84. The Morgan fingerprint density at radius 3 is 2.77 bits per heavy atom. The van der Waals surface area contributed by atoms with Crippen LogP contribution in [0.4, 0.5) is 0 Å². The highest BCUT2D eigenvalue weighted by molar-refractivity contribution is 5.84. The summed E-state index contributed by atoms with van der Waals surface area (Å²) in [6.45, 7) is 10.5. The highest BCUT2D eigenvalue weighted by atomic mass is 15.5. The van der Waals surface area contributed by atoms with E-state index in [0.717, 1.165) is 30.2 Å². The van der Waals surface area contributed by atoms with Gasteiger partial charge in [-0.1, -0.05) is 20.3 Å². The first-order valence-electron chi connectivity index (χ1n) is 9.69. The molecule has 4 aliphatic rings. The Morgan fingerprint density at radius 2 is 2.09 bits per heavy atom. The van der Waals surface area contributed by atoms with E-state index in [1.165, 1.54) is 51.2 Å². The third-order valence-corrected chi connectivity index (χ3v) is 6.76. The third-order valence-electron chi connectivity index (χ3n) is 6.76. The number of nitrogens with zero attached hydrogens (tertiary/aromatic N) is 3. The predicted molar refractivity (Wildman–Crippen MR) is 92.0 cm³/mol. The van der Waals surface area contributed by atoms with Gasteiger partial charge in [0.1, 0.15) is 0 Å². The van der Waals surface area contributed by atoms with Gasteiger partial charge in [-0.05, 0) is 62.7 Å². The first kappa shape index (κ1) is 14.8. The molecule has 0 aromatic rings. The minimum absolute atomic E-state index is 0.622. The lowest BCUT2D eigenvalue weighted by molar-refractivity contribution is 0.242. The van der Waals surface area contributed by atoms with Gasteiger partial charge in [0.15, 0.2) is 5.96 Å². The molecule has 3 unspecified atom stereocenters. The van der Waals surface area contributed by atoms with E-state index in [4.69, 9.17) is 4.99 Å². The quantitative estimate of drug-likeness (QED) is 0.773. The zero-order chi connectivity index (χ0) is 15.3. The van der Waals surface area contributed by atoms with Crippen LogP contribution in [0.1, 0.15) is 59.3 Å². The number of fused-ring (bicyclic) bond motifs is 3. The van der Waals surface area contributed by atoms with E-state index in [-0.39, 0.29) is 0 Å². The molecule has 0 amide bonds. The molecule has 0 aromatic heterocycles. The summed E-state index contributed by atoms with van der Waals surface area (Å²) in [5, 5.41) is 0. The predicted octanol–water partition coefficient (Wildman–Crippen LogP) is 3.60. The van der Waals surface area contributed by atoms with Gasteiger partial charge < -0.3 is 9.80 Å². The van der Waals surface area contributed by atoms with Crippen LogP contribution in [0.5, 0.6) is 0 Å². The van der Waals surface area contributed by atoms with E-state index >= 15 is 0 Å². The van der Waals surface area contributed by atoms with Crippen molar-refractivity contribution < 1.29 is 0 Å². The van der Waals surface area contributed by atoms with Crippen LogP contribution < -0.4 is 0 Å². The third kappa shape index (κ3) is 2.55. The van der Waals surface area contributed by atoms with Crippen molar-refractivity contribution in [2.24, 2.45) is 28.7 Å². The van der Waals surface area contributed by atoms with Crippen LogP contribution in [-0.2, 0) is 0 Å².